The Balaban J connectivity index is 2.21. The lowest BCUT2D eigenvalue weighted by Gasteiger charge is -2.05. The zero-order valence-corrected chi connectivity index (χ0v) is 12.6. The van der Waals surface area contributed by atoms with Gasteiger partial charge in [0.2, 0.25) is 0 Å². The van der Waals surface area contributed by atoms with Gasteiger partial charge in [-0.1, -0.05) is 0 Å². The fourth-order valence-corrected chi connectivity index (χ4v) is 2.23. The highest BCUT2D eigenvalue weighted by Gasteiger charge is 2.04. The van der Waals surface area contributed by atoms with Crippen LogP contribution in [0.25, 0.3) is 0 Å². The van der Waals surface area contributed by atoms with Crippen LogP contribution in [0.2, 0.25) is 0 Å². The Bertz CT molecular complexity index is 459. The summed E-state index contributed by atoms with van der Waals surface area (Å²) >= 11 is 1.66. The Labute approximate surface area is 122 Å². The number of nitrogens with two attached hydrogens (primary N) is 1. The van der Waals surface area contributed by atoms with Gasteiger partial charge in [-0.15, -0.1) is 0 Å². The van der Waals surface area contributed by atoms with Crippen molar-refractivity contribution < 1.29 is 9.34 Å². The molecule has 0 radical (unpaired) electrons. The quantitative estimate of drug-likeness (QED) is 0.242. The Morgan fingerprint density at radius 1 is 1.50 bits per heavy atom. The maximum atomic E-state index is 10.2. The van der Waals surface area contributed by atoms with E-state index in [2.05, 4.69) is 4.99 Å². The summed E-state index contributed by atoms with van der Waals surface area (Å²) in [7, 11) is 3.98. The van der Waals surface area contributed by atoms with E-state index in [1.807, 2.05) is 31.1 Å². The highest BCUT2D eigenvalue weighted by molar-refractivity contribution is 7.98. The molecule has 112 valence electrons. The highest BCUT2D eigenvalue weighted by atomic mass is 32.2. The van der Waals surface area contributed by atoms with Crippen molar-refractivity contribution in [2.45, 2.75) is 12.3 Å². The van der Waals surface area contributed by atoms with Gasteiger partial charge >= 0.3 is 0 Å². The van der Waals surface area contributed by atoms with Crippen LogP contribution in [0.5, 0.6) is 0 Å². The summed E-state index contributed by atoms with van der Waals surface area (Å²) in [6.45, 7) is 0.874. The van der Waals surface area contributed by atoms with Gasteiger partial charge in [0.1, 0.15) is 11.5 Å². The summed E-state index contributed by atoms with van der Waals surface area (Å²) in [5, 5.41) is 10.2. The maximum absolute atomic E-state index is 10.2. The summed E-state index contributed by atoms with van der Waals surface area (Å²) in [6.07, 6.45) is 0. The van der Waals surface area contributed by atoms with Gasteiger partial charge < -0.3 is 15.1 Å². The molecule has 1 aromatic rings. The van der Waals surface area contributed by atoms with Crippen LogP contribution in [-0.2, 0) is 12.3 Å². The van der Waals surface area contributed by atoms with E-state index in [1.54, 1.807) is 11.8 Å². The van der Waals surface area contributed by atoms with Gasteiger partial charge in [0.15, 0.2) is 5.84 Å². The van der Waals surface area contributed by atoms with Crippen molar-refractivity contribution in [1.82, 2.24) is 4.90 Å². The van der Waals surface area contributed by atoms with Crippen molar-refractivity contribution in [3.63, 3.8) is 0 Å². The molecular formula is C12H20N4O3S. The Hall–Kier alpha value is -1.54. The molecule has 0 aliphatic heterocycles. The molecule has 1 aromatic heterocycles. The lowest BCUT2D eigenvalue weighted by Crippen LogP contribution is -2.23. The van der Waals surface area contributed by atoms with Crippen molar-refractivity contribution in [3.05, 3.63) is 33.8 Å². The smallest absolute Gasteiger partial charge is 0.259 e. The van der Waals surface area contributed by atoms with Gasteiger partial charge in [-0.25, -0.2) is 0 Å². The van der Waals surface area contributed by atoms with Crippen molar-refractivity contribution in [2.24, 2.45) is 10.7 Å². The van der Waals surface area contributed by atoms with E-state index < -0.39 is 11.5 Å². The minimum absolute atomic E-state index is 0.0712. The van der Waals surface area contributed by atoms with Crippen LogP contribution in [0.1, 0.15) is 11.5 Å². The molecule has 0 aliphatic rings. The van der Waals surface area contributed by atoms with E-state index in [9.17, 15) is 10.1 Å². The molecular weight excluding hydrogens is 280 g/mol. The zero-order valence-electron chi connectivity index (χ0n) is 11.7. The van der Waals surface area contributed by atoms with Crippen molar-refractivity contribution in [2.75, 3.05) is 32.9 Å². The van der Waals surface area contributed by atoms with Crippen LogP contribution in [0, 0.1) is 10.1 Å². The molecule has 1 heterocycles. The van der Waals surface area contributed by atoms with Crippen molar-refractivity contribution >= 4 is 17.6 Å². The minimum Gasteiger partial charge on any atom is -0.464 e. The summed E-state index contributed by atoms with van der Waals surface area (Å²) < 4.78 is 5.66. The number of hydrogen-bond donors (Lipinski definition) is 1. The Morgan fingerprint density at radius 3 is 2.85 bits per heavy atom. The number of rotatable bonds is 9. The highest BCUT2D eigenvalue weighted by Crippen LogP contribution is 2.16. The number of nitro groups is 1. The van der Waals surface area contributed by atoms with Crippen molar-refractivity contribution in [1.29, 1.82) is 0 Å². The number of aliphatic imine (C=N–C) groups is 1. The van der Waals surface area contributed by atoms with Crippen LogP contribution < -0.4 is 5.73 Å². The fraction of sp³-hybridized carbons (Fsp3) is 0.583. The van der Waals surface area contributed by atoms with Crippen LogP contribution in [0.15, 0.2) is 21.5 Å². The average molecular weight is 300 g/mol. The molecule has 20 heavy (non-hydrogen) atoms. The van der Waals surface area contributed by atoms with E-state index in [4.69, 9.17) is 10.2 Å². The topological polar surface area (TPSA) is 97.9 Å². The van der Waals surface area contributed by atoms with Crippen LogP contribution >= 0.6 is 11.8 Å². The molecule has 0 amide bonds. The third kappa shape index (κ3) is 7.15. The molecule has 0 unspecified atom stereocenters. The molecule has 0 fully saturated rings. The molecule has 0 aliphatic carbocycles. The first-order chi connectivity index (χ1) is 9.47. The second kappa shape index (κ2) is 8.60. The molecule has 1 rings (SSSR count). The maximum Gasteiger partial charge on any atom is 0.259 e. The van der Waals surface area contributed by atoms with E-state index in [0.29, 0.717) is 6.54 Å². The minimum atomic E-state index is -0.485. The van der Waals surface area contributed by atoms with Gasteiger partial charge in [0.25, 0.3) is 6.54 Å². The molecule has 0 bridgehead atoms. The second-order valence-corrected chi connectivity index (χ2v) is 5.63. The van der Waals surface area contributed by atoms with E-state index >= 15 is 0 Å². The van der Waals surface area contributed by atoms with Crippen LogP contribution in [0.4, 0.5) is 0 Å². The average Bonchev–Trinajstić information content (AvgIpc) is 2.74. The summed E-state index contributed by atoms with van der Waals surface area (Å²) in [4.78, 5) is 15.7. The zero-order chi connectivity index (χ0) is 15.0. The number of nitrogens with zero attached hydrogens (tertiary/aromatic N) is 3. The predicted molar refractivity (Wildman–Crippen MR) is 80.6 cm³/mol. The van der Waals surface area contributed by atoms with Gasteiger partial charge in [0.05, 0.1) is 18.8 Å². The first-order valence-corrected chi connectivity index (χ1v) is 7.33. The largest absolute Gasteiger partial charge is 0.464 e. The molecule has 0 aromatic carbocycles. The lowest BCUT2D eigenvalue weighted by molar-refractivity contribution is -0.463. The number of thioether (sulfide) groups is 1. The lowest BCUT2D eigenvalue weighted by atomic mass is 10.4. The van der Waals surface area contributed by atoms with E-state index in [1.165, 1.54) is 0 Å². The van der Waals surface area contributed by atoms with Crippen LogP contribution in [0.3, 0.4) is 0 Å². The van der Waals surface area contributed by atoms with Crippen molar-refractivity contribution in [3.8, 4) is 0 Å². The first kappa shape index (κ1) is 16.5. The molecule has 0 spiro atoms. The summed E-state index contributed by atoms with van der Waals surface area (Å²) in [5.74, 6) is 3.45. The molecule has 8 heteroatoms. The standard InChI is InChI=1S/C12H20N4O3S/c1-15(2)7-10-3-4-11(19-10)9-20-6-5-14-12(13)8-16(17)18/h3-4H,5-9H2,1-2H3,(H2,13,14). The number of amidine groups is 1. The molecule has 2 N–H and O–H groups in total. The first-order valence-electron chi connectivity index (χ1n) is 6.18. The fourth-order valence-electron chi connectivity index (χ4n) is 1.51. The molecule has 7 nitrogen and oxygen atoms in total. The molecule has 0 atom stereocenters. The van der Waals surface area contributed by atoms with Gasteiger partial charge in [-0.3, -0.25) is 15.1 Å². The monoisotopic (exact) mass is 300 g/mol. The van der Waals surface area contributed by atoms with E-state index in [-0.39, 0.29) is 5.84 Å². The predicted octanol–water partition coefficient (Wildman–Crippen LogP) is 1.21. The SMILES string of the molecule is CN(C)Cc1ccc(CSCCN=C(N)C[N+](=O)[O-])o1. The summed E-state index contributed by atoms with van der Waals surface area (Å²) in [6, 6.07) is 3.94. The Morgan fingerprint density at radius 2 is 2.20 bits per heavy atom. The third-order valence-corrected chi connectivity index (χ3v) is 3.24. The Kier molecular flexibility index (Phi) is 7.10. The third-order valence-electron chi connectivity index (χ3n) is 2.28. The molecule has 0 saturated heterocycles. The summed E-state index contributed by atoms with van der Waals surface area (Å²) in [5.41, 5.74) is 5.39. The van der Waals surface area contributed by atoms with Gasteiger partial charge in [-0.2, -0.15) is 11.8 Å². The number of furan rings is 1. The molecule has 0 saturated carbocycles. The van der Waals surface area contributed by atoms with Gasteiger partial charge in [0, 0.05) is 10.7 Å². The van der Waals surface area contributed by atoms with Gasteiger partial charge in [-0.05, 0) is 26.2 Å². The second-order valence-electron chi connectivity index (χ2n) is 4.52. The number of hydrogen-bond acceptors (Lipinski definition) is 6. The normalized spacial score (nSPS) is 12.1. The van der Waals surface area contributed by atoms with Crippen LogP contribution in [-0.4, -0.2) is 48.6 Å². The van der Waals surface area contributed by atoms with E-state index in [0.717, 1.165) is 29.6 Å².